The molecule has 0 heterocycles. The van der Waals surface area contributed by atoms with Crippen molar-refractivity contribution in [2.75, 3.05) is 11.4 Å². The molecule has 0 aliphatic heterocycles. The minimum atomic E-state index is -4.52. The van der Waals surface area contributed by atoms with Crippen molar-refractivity contribution in [3.05, 3.63) is 115 Å². The molecular weight excluding hydrogens is 648 g/mol. The van der Waals surface area contributed by atoms with Gasteiger partial charge in [0, 0.05) is 34.4 Å². The van der Waals surface area contributed by atoms with Gasteiger partial charge in [-0.25, -0.2) is 5.11 Å². The zero-order chi connectivity index (χ0) is 31.3. The van der Waals surface area contributed by atoms with Crippen molar-refractivity contribution in [2.24, 2.45) is 20.5 Å². The van der Waals surface area contributed by atoms with E-state index in [0.29, 0.717) is 35.5 Å². The van der Waals surface area contributed by atoms with Gasteiger partial charge >= 0.3 is 59.1 Å². The van der Waals surface area contributed by atoms with E-state index in [-0.39, 0.29) is 71.1 Å². The molecule has 0 fully saturated rings. The van der Waals surface area contributed by atoms with E-state index in [2.05, 4.69) is 31.4 Å². The van der Waals surface area contributed by atoms with Crippen LogP contribution in [0, 0.1) is 6.07 Å². The largest absolute Gasteiger partial charge is 1.00 e. The molecular formula is C31H27N5Na2O6S2. The maximum atomic E-state index is 11.7. The van der Waals surface area contributed by atoms with Crippen molar-refractivity contribution >= 4 is 59.4 Å². The number of anilines is 1. The van der Waals surface area contributed by atoms with Crippen molar-refractivity contribution < 1.29 is 86.5 Å². The van der Waals surface area contributed by atoms with Gasteiger partial charge in [-0.05, 0) is 66.7 Å². The molecule has 0 aromatic heterocycles. The molecule has 2 N–H and O–H groups in total. The van der Waals surface area contributed by atoms with Gasteiger partial charge in [0.15, 0.2) is 0 Å². The number of hydrogen-bond donors (Lipinski definition) is 2. The first-order chi connectivity index (χ1) is 21.0. The number of fused-ring (bicyclic) bond motifs is 1. The summed E-state index contributed by atoms with van der Waals surface area (Å²) in [5.41, 5.74) is 3.27. The van der Waals surface area contributed by atoms with Crippen molar-refractivity contribution in [1.82, 2.24) is 0 Å². The maximum Gasteiger partial charge on any atom is 1.00 e. The SMILES string of the molecule is CCN(Cc1cccc(S(=O)(=O)O)c1)c1ccc(N=Nc2ccc(N=Nc3ccc[c-]c3S(=O)(=O)O)c3ccccc23)cc1.[H-].[Na+].[Na+]. The van der Waals surface area contributed by atoms with Crippen molar-refractivity contribution in [3.8, 4) is 0 Å². The monoisotopic (exact) mass is 675 g/mol. The van der Waals surface area contributed by atoms with Gasteiger partial charge < -0.3 is 6.33 Å². The molecule has 46 heavy (non-hydrogen) atoms. The molecule has 0 radical (unpaired) electrons. The van der Waals surface area contributed by atoms with E-state index >= 15 is 0 Å². The van der Waals surface area contributed by atoms with E-state index < -0.39 is 25.1 Å². The summed E-state index contributed by atoms with van der Waals surface area (Å²) in [5.74, 6) is 0. The molecule has 11 nitrogen and oxygen atoms in total. The Morgan fingerprint density at radius 2 is 1.30 bits per heavy atom. The summed E-state index contributed by atoms with van der Waals surface area (Å²) < 4.78 is 65.2. The van der Waals surface area contributed by atoms with Crippen LogP contribution in [0.25, 0.3) is 10.8 Å². The Labute approximate surface area is 313 Å². The Morgan fingerprint density at radius 3 is 1.89 bits per heavy atom. The zero-order valence-electron chi connectivity index (χ0n) is 26.3. The Bertz CT molecular complexity index is 2120. The molecule has 0 unspecified atom stereocenters. The molecule has 226 valence electrons. The van der Waals surface area contributed by atoms with E-state index in [0.717, 1.165) is 16.6 Å². The van der Waals surface area contributed by atoms with Crippen LogP contribution in [0.5, 0.6) is 0 Å². The van der Waals surface area contributed by atoms with E-state index in [9.17, 15) is 25.9 Å². The van der Waals surface area contributed by atoms with Crippen LogP contribution in [-0.2, 0) is 26.8 Å². The molecule has 0 saturated carbocycles. The molecule has 0 aliphatic rings. The second-order valence-electron chi connectivity index (χ2n) is 9.56. The van der Waals surface area contributed by atoms with Crippen molar-refractivity contribution in [2.45, 2.75) is 23.3 Å². The third-order valence-corrected chi connectivity index (χ3v) is 8.33. The maximum absolute atomic E-state index is 11.7. The van der Waals surface area contributed by atoms with Crippen molar-refractivity contribution in [3.63, 3.8) is 0 Å². The third kappa shape index (κ3) is 9.38. The van der Waals surface area contributed by atoms with Gasteiger partial charge in [-0.15, -0.1) is 11.2 Å². The van der Waals surface area contributed by atoms with E-state index in [4.69, 9.17) is 0 Å². The summed E-state index contributed by atoms with van der Waals surface area (Å²) in [7, 11) is -8.80. The topological polar surface area (TPSA) is 161 Å². The quantitative estimate of drug-likeness (QED) is 0.0992. The van der Waals surface area contributed by atoms with Gasteiger partial charge in [0.05, 0.1) is 22.0 Å². The van der Waals surface area contributed by atoms with Crippen LogP contribution >= 0.6 is 0 Å². The first-order valence-corrected chi connectivity index (χ1v) is 16.2. The van der Waals surface area contributed by atoms with Gasteiger partial charge in [-0.2, -0.15) is 45.3 Å². The standard InChI is InChI=1S/C31H26N5O6S2.2Na.H/c1-2-36(21-22-8-7-9-25(20-22)43(37,38)39)24-16-14-23(15-17-24)32-33-28-18-19-29(27-11-4-3-10-26(27)28)34-35-30-12-5-6-13-31(30)44(40,41)42;;;/h3-12,14-20H,2,21H2,1H3,(H,37,38,39)(H,40,41,42);;;/q-1;2*+1;-1. The molecule has 0 aliphatic carbocycles. The van der Waals surface area contributed by atoms with Crippen molar-refractivity contribution in [1.29, 1.82) is 0 Å². The molecule has 15 heteroatoms. The van der Waals surface area contributed by atoms with E-state index in [1.165, 1.54) is 24.3 Å². The predicted octanol–water partition coefficient (Wildman–Crippen LogP) is 2.11. The first-order valence-electron chi connectivity index (χ1n) is 13.3. The summed E-state index contributed by atoms with van der Waals surface area (Å²) in [5, 5.41) is 18.6. The smallest absolute Gasteiger partial charge is 1.00 e. The third-order valence-electron chi connectivity index (χ3n) is 6.64. The Morgan fingerprint density at radius 1 is 0.696 bits per heavy atom. The summed E-state index contributed by atoms with van der Waals surface area (Å²) in [4.78, 5) is 1.45. The average Bonchev–Trinajstić information content (AvgIpc) is 3.01. The molecule has 0 saturated heterocycles. The molecule has 5 aromatic carbocycles. The summed E-state index contributed by atoms with van der Waals surface area (Å²) >= 11 is 0. The van der Waals surface area contributed by atoms with Crippen LogP contribution in [0.2, 0.25) is 0 Å². The zero-order valence-corrected chi connectivity index (χ0v) is 30.9. The van der Waals surface area contributed by atoms with Crippen LogP contribution < -0.4 is 64.0 Å². The first kappa shape index (κ1) is 37.6. The second-order valence-corrected chi connectivity index (χ2v) is 12.3. The average molecular weight is 676 g/mol. The minimum absolute atomic E-state index is 0. The van der Waals surface area contributed by atoms with Gasteiger partial charge in [-0.1, -0.05) is 36.4 Å². The Kier molecular flexibility index (Phi) is 13.4. The molecule has 0 bridgehead atoms. The van der Waals surface area contributed by atoms with Crippen LogP contribution in [0.4, 0.5) is 28.4 Å². The van der Waals surface area contributed by atoms with Crippen LogP contribution in [0.3, 0.4) is 0 Å². The number of rotatable bonds is 10. The Balaban J connectivity index is 0.00000256. The second kappa shape index (κ2) is 16.3. The van der Waals surface area contributed by atoms with Gasteiger partial charge in [0.1, 0.15) is 0 Å². The summed E-state index contributed by atoms with van der Waals surface area (Å²) in [6, 6.07) is 31.2. The van der Waals surface area contributed by atoms with E-state index in [1.807, 2.05) is 55.5 Å². The summed E-state index contributed by atoms with van der Waals surface area (Å²) in [6.45, 7) is 3.09. The fourth-order valence-corrected chi connectivity index (χ4v) is 5.64. The predicted molar refractivity (Wildman–Crippen MR) is 168 cm³/mol. The fraction of sp³-hybridized carbons (Fsp3) is 0.0968. The summed E-state index contributed by atoms with van der Waals surface area (Å²) in [6.07, 6.45) is 0. The number of hydrogen-bond acceptors (Lipinski definition) is 9. The molecule has 0 spiro atoms. The van der Waals surface area contributed by atoms with Crippen LogP contribution in [0.15, 0.2) is 133 Å². The van der Waals surface area contributed by atoms with Gasteiger partial charge in [0.2, 0.25) is 0 Å². The number of nitrogens with zero attached hydrogens (tertiary/aromatic N) is 5. The Hall–Kier alpha value is -2.82. The molecule has 0 atom stereocenters. The number of benzene rings is 5. The van der Waals surface area contributed by atoms with Crippen LogP contribution in [0.1, 0.15) is 13.9 Å². The van der Waals surface area contributed by atoms with Crippen LogP contribution in [-0.4, -0.2) is 32.5 Å². The molecule has 5 aromatic rings. The molecule has 5 rings (SSSR count). The normalized spacial score (nSPS) is 11.8. The number of azo groups is 2. The van der Waals surface area contributed by atoms with E-state index in [1.54, 1.807) is 30.3 Å². The minimum Gasteiger partial charge on any atom is -1.00 e. The van der Waals surface area contributed by atoms with Gasteiger partial charge in [0.25, 0.3) is 20.2 Å². The molecule has 0 amide bonds. The van der Waals surface area contributed by atoms with Gasteiger partial charge in [-0.3, -0.25) is 9.11 Å². The fourth-order valence-electron chi connectivity index (χ4n) is 4.50.